The minimum Gasteiger partial charge on any atom is -0.441 e. The van der Waals surface area contributed by atoms with E-state index in [2.05, 4.69) is 19.7 Å². The van der Waals surface area contributed by atoms with Crippen LogP contribution in [-0.4, -0.2) is 23.4 Å². The normalized spacial score (nSPS) is 11.9. The number of benzene rings is 3. The summed E-state index contributed by atoms with van der Waals surface area (Å²) in [5, 5.41) is 0.341. The van der Waals surface area contributed by atoms with E-state index >= 15 is 0 Å². The Bertz CT molecular complexity index is 1840. The van der Waals surface area contributed by atoms with Crippen molar-refractivity contribution in [3.63, 3.8) is 0 Å². The maximum atomic E-state index is 13.1. The number of aromatic nitrogens is 3. The van der Waals surface area contributed by atoms with Gasteiger partial charge in [0, 0.05) is 12.5 Å². The highest BCUT2D eigenvalue weighted by Crippen LogP contribution is 2.33. The van der Waals surface area contributed by atoms with Crippen LogP contribution in [0.2, 0.25) is 5.02 Å². The second-order valence-electron chi connectivity index (χ2n) is 7.79. The maximum Gasteiger partial charge on any atom is 0.314 e. The van der Waals surface area contributed by atoms with Crippen LogP contribution in [0, 0.1) is 13.8 Å². The molecule has 0 aliphatic heterocycles. The summed E-state index contributed by atoms with van der Waals surface area (Å²) in [5.41, 5.74) is 2.35. The average Bonchev–Trinajstić information content (AvgIpc) is 3.13. The summed E-state index contributed by atoms with van der Waals surface area (Å²) in [6.45, 7) is 3.36. The molecule has 0 radical (unpaired) electrons. The van der Waals surface area contributed by atoms with E-state index in [1.165, 1.54) is 18.2 Å². The molecule has 2 heterocycles. The standard InChI is InChI=1S/C23H17ClN4O5S/c1-11-7-18-19(27-23(30)22(29)26-18)10-21(11)34(31,32)28-14-4-5-15(16(24)9-14)13-3-6-17-20(8-13)33-12(2)25-17/h3-10,28H,1-2H3,(H,26,29)(H,27,30). The third kappa shape index (κ3) is 3.87. The average molecular weight is 497 g/mol. The van der Waals surface area contributed by atoms with Gasteiger partial charge in [-0.05, 0) is 54.4 Å². The summed E-state index contributed by atoms with van der Waals surface area (Å²) >= 11 is 6.48. The SMILES string of the molecule is Cc1nc2ccc(-c3ccc(NS(=O)(=O)c4cc5[nH]c(=O)c(=O)[nH]c5cc4C)cc3Cl)cc2o1. The maximum absolute atomic E-state index is 13.1. The van der Waals surface area contributed by atoms with Gasteiger partial charge in [-0.1, -0.05) is 23.7 Å². The summed E-state index contributed by atoms with van der Waals surface area (Å²) in [7, 11) is -4.02. The third-order valence-electron chi connectivity index (χ3n) is 5.33. The number of H-pyrrole nitrogens is 2. The van der Waals surface area contributed by atoms with Crippen molar-refractivity contribution in [3.8, 4) is 11.1 Å². The molecule has 9 nitrogen and oxygen atoms in total. The number of nitrogens with zero attached hydrogens (tertiary/aromatic N) is 1. The van der Waals surface area contributed by atoms with Crippen LogP contribution >= 0.6 is 11.6 Å². The number of aromatic amines is 2. The number of rotatable bonds is 4. The molecule has 3 aromatic carbocycles. The van der Waals surface area contributed by atoms with E-state index in [1.54, 1.807) is 26.0 Å². The van der Waals surface area contributed by atoms with Crippen LogP contribution in [0.15, 0.2) is 67.4 Å². The third-order valence-corrected chi connectivity index (χ3v) is 7.17. The number of fused-ring (bicyclic) bond motifs is 2. The van der Waals surface area contributed by atoms with Crippen molar-refractivity contribution in [2.24, 2.45) is 0 Å². The molecule has 0 saturated carbocycles. The van der Waals surface area contributed by atoms with E-state index in [1.807, 2.05) is 18.2 Å². The number of hydrogen-bond acceptors (Lipinski definition) is 6. The minimum atomic E-state index is -4.02. The van der Waals surface area contributed by atoms with Crippen LogP contribution in [0.3, 0.4) is 0 Å². The molecule has 0 spiro atoms. The Balaban J connectivity index is 1.49. The lowest BCUT2D eigenvalue weighted by Gasteiger charge is -2.13. The van der Waals surface area contributed by atoms with Gasteiger partial charge in [0.15, 0.2) is 11.5 Å². The fraction of sp³-hybridized carbons (Fsp3) is 0.0870. The molecule has 0 aliphatic rings. The number of hydrogen-bond donors (Lipinski definition) is 3. The van der Waals surface area contributed by atoms with Gasteiger partial charge < -0.3 is 14.4 Å². The van der Waals surface area contributed by atoms with Crippen LogP contribution in [-0.2, 0) is 10.0 Å². The van der Waals surface area contributed by atoms with Crippen molar-refractivity contribution < 1.29 is 12.8 Å². The number of anilines is 1. The summed E-state index contributed by atoms with van der Waals surface area (Å²) in [6.07, 6.45) is 0. The monoisotopic (exact) mass is 496 g/mol. The predicted octanol–water partition coefficient (Wildman–Crippen LogP) is 4.10. The van der Waals surface area contributed by atoms with Crippen molar-refractivity contribution >= 4 is 49.4 Å². The van der Waals surface area contributed by atoms with E-state index in [0.717, 1.165) is 11.1 Å². The van der Waals surface area contributed by atoms with Gasteiger partial charge in [0.25, 0.3) is 10.0 Å². The Morgan fingerprint density at radius 1 is 0.941 bits per heavy atom. The van der Waals surface area contributed by atoms with Crippen LogP contribution in [0.25, 0.3) is 33.3 Å². The molecule has 0 amide bonds. The molecule has 0 bridgehead atoms. The smallest absolute Gasteiger partial charge is 0.314 e. The number of aryl methyl sites for hydroxylation is 2. The number of sulfonamides is 1. The molecule has 0 fully saturated rings. The summed E-state index contributed by atoms with van der Waals surface area (Å²) in [6, 6.07) is 13.1. The van der Waals surface area contributed by atoms with Gasteiger partial charge in [0.2, 0.25) is 0 Å². The number of oxazole rings is 1. The molecule has 0 aliphatic carbocycles. The van der Waals surface area contributed by atoms with Crippen LogP contribution in [0.1, 0.15) is 11.5 Å². The number of nitrogens with one attached hydrogen (secondary N) is 3. The second-order valence-corrected chi connectivity index (χ2v) is 9.85. The topological polar surface area (TPSA) is 138 Å². The molecule has 34 heavy (non-hydrogen) atoms. The lowest BCUT2D eigenvalue weighted by atomic mass is 10.0. The Labute approximate surface area is 197 Å². The largest absolute Gasteiger partial charge is 0.441 e. The summed E-state index contributed by atoms with van der Waals surface area (Å²) in [4.78, 5) is 32.2. The van der Waals surface area contributed by atoms with Gasteiger partial charge in [0.1, 0.15) is 5.52 Å². The van der Waals surface area contributed by atoms with E-state index in [-0.39, 0.29) is 16.1 Å². The van der Waals surface area contributed by atoms with Crippen molar-refractivity contribution in [3.05, 3.63) is 85.7 Å². The van der Waals surface area contributed by atoms with Gasteiger partial charge in [-0.3, -0.25) is 14.3 Å². The molecular weight excluding hydrogens is 480 g/mol. The van der Waals surface area contributed by atoms with Crippen LogP contribution in [0.5, 0.6) is 0 Å². The first kappa shape index (κ1) is 21.9. The van der Waals surface area contributed by atoms with Gasteiger partial charge in [-0.25, -0.2) is 13.4 Å². The minimum absolute atomic E-state index is 0.0472. The molecule has 5 aromatic rings. The molecule has 11 heteroatoms. The van der Waals surface area contributed by atoms with Crippen LogP contribution < -0.4 is 15.8 Å². The zero-order valence-corrected chi connectivity index (χ0v) is 19.5. The van der Waals surface area contributed by atoms with Gasteiger partial charge >= 0.3 is 11.1 Å². The highest BCUT2D eigenvalue weighted by molar-refractivity contribution is 7.92. The van der Waals surface area contributed by atoms with Gasteiger partial charge in [0.05, 0.1) is 26.6 Å². The molecule has 5 rings (SSSR count). The Hall–Kier alpha value is -3.89. The van der Waals surface area contributed by atoms with E-state index in [0.29, 0.717) is 33.1 Å². The highest BCUT2D eigenvalue weighted by Gasteiger charge is 2.19. The van der Waals surface area contributed by atoms with Crippen molar-refractivity contribution in [1.82, 2.24) is 15.0 Å². The summed E-state index contributed by atoms with van der Waals surface area (Å²) in [5.74, 6) is 0.558. The Morgan fingerprint density at radius 3 is 2.35 bits per heavy atom. The first-order valence-corrected chi connectivity index (χ1v) is 11.9. The second kappa shape index (κ2) is 7.86. The quantitative estimate of drug-likeness (QED) is 0.320. The van der Waals surface area contributed by atoms with Crippen LogP contribution in [0.4, 0.5) is 5.69 Å². The first-order chi connectivity index (χ1) is 16.1. The predicted molar refractivity (Wildman–Crippen MR) is 130 cm³/mol. The van der Waals surface area contributed by atoms with E-state index < -0.39 is 21.1 Å². The molecule has 3 N–H and O–H groups in total. The molecular formula is C23H17ClN4O5S. The van der Waals surface area contributed by atoms with E-state index in [9.17, 15) is 18.0 Å². The Kier molecular flexibility index (Phi) is 5.07. The fourth-order valence-electron chi connectivity index (χ4n) is 3.77. The fourth-order valence-corrected chi connectivity index (χ4v) is 5.37. The number of halogens is 1. The zero-order valence-electron chi connectivity index (χ0n) is 17.9. The first-order valence-electron chi connectivity index (χ1n) is 10.1. The lowest BCUT2D eigenvalue weighted by molar-refractivity contribution is 0.561. The van der Waals surface area contributed by atoms with Gasteiger partial charge in [-0.15, -0.1) is 0 Å². The molecule has 0 atom stereocenters. The zero-order chi connectivity index (χ0) is 24.2. The van der Waals surface area contributed by atoms with Gasteiger partial charge in [-0.2, -0.15) is 0 Å². The van der Waals surface area contributed by atoms with Crippen molar-refractivity contribution in [2.75, 3.05) is 4.72 Å². The molecule has 0 saturated heterocycles. The van der Waals surface area contributed by atoms with Crippen molar-refractivity contribution in [2.45, 2.75) is 18.7 Å². The Morgan fingerprint density at radius 2 is 1.65 bits per heavy atom. The highest BCUT2D eigenvalue weighted by atomic mass is 35.5. The molecule has 2 aromatic heterocycles. The summed E-state index contributed by atoms with van der Waals surface area (Å²) < 4.78 is 34.3. The molecule has 172 valence electrons. The van der Waals surface area contributed by atoms with Crippen molar-refractivity contribution in [1.29, 1.82) is 0 Å². The van der Waals surface area contributed by atoms with E-state index in [4.69, 9.17) is 16.0 Å². The molecule has 0 unspecified atom stereocenters. The lowest BCUT2D eigenvalue weighted by Crippen LogP contribution is -2.29.